The summed E-state index contributed by atoms with van der Waals surface area (Å²) in [6.45, 7) is 9.33. The van der Waals surface area contributed by atoms with Crippen molar-refractivity contribution < 1.29 is 0 Å². The van der Waals surface area contributed by atoms with E-state index < -0.39 is 0 Å². The van der Waals surface area contributed by atoms with Crippen molar-refractivity contribution in [3.63, 3.8) is 0 Å². The van der Waals surface area contributed by atoms with Crippen LogP contribution in [0.5, 0.6) is 0 Å². The zero-order valence-corrected chi connectivity index (χ0v) is 11.9. The van der Waals surface area contributed by atoms with Gasteiger partial charge in [0.25, 0.3) is 0 Å². The monoisotopic (exact) mass is 227 g/mol. The molecule has 16 heavy (non-hydrogen) atoms. The minimum Gasteiger partial charge on any atom is -0.316 e. The lowest BCUT2D eigenvalue weighted by Crippen LogP contribution is -2.22. The highest BCUT2D eigenvalue weighted by Crippen LogP contribution is 2.06. The van der Waals surface area contributed by atoms with Gasteiger partial charge in [-0.25, -0.2) is 0 Å². The van der Waals surface area contributed by atoms with E-state index in [0.29, 0.717) is 0 Å². The van der Waals surface area contributed by atoms with Gasteiger partial charge in [-0.2, -0.15) is 0 Å². The third kappa shape index (κ3) is 12.0. The predicted molar refractivity (Wildman–Crippen MR) is 74.9 cm³/mol. The summed E-state index contributed by atoms with van der Waals surface area (Å²) in [7, 11) is 0. The maximum atomic E-state index is 3.57. The Hall–Kier alpha value is -0.0400. The van der Waals surface area contributed by atoms with Crippen molar-refractivity contribution in [3.05, 3.63) is 0 Å². The van der Waals surface area contributed by atoms with Crippen LogP contribution in [-0.2, 0) is 0 Å². The molecule has 0 heterocycles. The van der Waals surface area contributed by atoms with Gasteiger partial charge in [0.1, 0.15) is 0 Å². The van der Waals surface area contributed by atoms with Crippen molar-refractivity contribution in [1.82, 2.24) is 5.32 Å². The van der Waals surface area contributed by atoms with Crippen molar-refractivity contribution in [2.24, 2.45) is 5.92 Å². The van der Waals surface area contributed by atoms with Crippen molar-refractivity contribution in [3.8, 4) is 0 Å². The summed E-state index contributed by atoms with van der Waals surface area (Å²) in [5, 5.41) is 3.57. The minimum absolute atomic E-state index is 0.856. The molecule has 0 spiro atoms. The fourth-order valence-electron chi connectivity index (χ4n) is 2.15. The quantitative estimate of drug-likeness (QED) is 0.474. The molecule has 0 aliphatic rings. The molecule has 0 fully saturated rings. The van der Waals surface area contributed by atoms with E-state index >= 15 is 0 Å². The van der Waals surface area contributed by atoms with Gasteiger partial charge in [0.15, 0.2) is 0 Å². The molecular formula is C15H33N. The topological polar surface area (TPSA) is 12.0 Å². The first-order chi connectivity index (χ1) is 7.81. The zero-order valence-electron chi connectivity index (χ0n) is 11.9. The normalized spacial score (nSPS) is 12.9. The standard InChI is InChI=1S/C15H33N/c1-4-6-7-8-9-10-11-13-16-14-15(3)12-5-2/h15-16H,4-14H2,1-3H3. The second-order valence-corrected chi connectivity index (χ2v) is 5.22. The van der Waals surface area contributed by atoms with Gasteiger partial charge >= 0.3 is 0 Å². The highest BCUT2D eigenvalue weighted by molar-refractivity contribution is 4.56. The van der Waals surface area contributed by atoms with Crippen LogP contribution in [0.2, 0.25) is 0 Å². The summed E-state index contributed by atoms with van der Waals surface area (Å²) < 4.78 is 0. The van der Waals surface area contributed by atoms with Gasteiger partial charge < -0.3 is 5.32 Å². The third-order valence-corrected chi connectivity index (χ3v) is 3.23. The molecule has 0 radical (unpaired) electrons. The van der Waals surface area contributed by atoms with E-state index in [9.17, 15) is 0 Å². The van der Waals surface area contributed by atoms with Crippen LogP contribution in [0, 0.1) is 5.92 Å². The van der Waals surface area contributed by atoms with Crippen LogP contribution in [0.15, 0.2) is 0 Å². The maximum Gasteiger partial charge on any atom is -0.00232 e. The SMILES string of the molecule is CCCCCCCCCNCC(C)CCC. The maximum absolute atomic E-state index is 3.57. The lowest BCUT2D eigenvalue weighted by atomic mass is 10.1. The molecule has 1 N–H and O–H groups in total. The van der Waals surface area contributed by atoms with E-state index in [1.165, 1.54) is 70.9 Å². The molecule has 0 aliphatic carbocycles. The Morgan fingerprint density at radius 3 is 2.06 bits per heavy atom. The fourth-order valence-corrected chi connectivity index (χ4v) is 2.15. The summed E-state index contributed by atoms with van der Waals surface area (Å²) in [6, 6.07) is 0. The fraction of sp³-hybridized carbons (Fsp3) is 1.00. The van der Waals surface area contributed by atoms with Gasteiger partial charge in [-0.05, 0) is 31.8 Å². The Morgan fingerprint density at radius 1 is 0.812 bits per heavy atom. The molecule has 98 valence electrons. The molecule has 0 saturated heterocycles. The van der Waals surface area contributed by atoms with E-state index in [4.69, 9.17) is 0 Å². The molecule has 0 aliphatic heterocycles. The van der Waals surface area contributed by atoms with Gasteiger partial charge in [-0.1, -0.05) is 65.7 Å². The number of hydrogen-bond donors (Lipinski definition) is 1. The largest absolute Gasteiger partial charge is 0.316 e. The molecule has 1 atom stereocenters. The number of hydrogen-bond acceptors (Lipinski definition) is 1. The Morgan fingerprint density at radius 2 is 1.44 bits per heavy atom. The number of unbranched alkanes of at least 4 members (excludes halogenated alkanes) is 6. The minimum atomic E-state index is 0.856. The summed E-state index contributed by atoms with van der Waals surface area (Å²) in [5.41, 5.74) is 0. The molecule has 1 nitrogen and oxygen atoms in total. The van der Waals surface area contributed by atoms with Crippen LogP contribution in [0.4, 0.5) is 0 Å². The lowest BCUT2D eigenvalue weighted by molar-refractivity contribution is 0.466. The summed E-state index contributed by atoms with van der Waals surface area (Å²) in [5.74, 6) is 0.856. The van der Waals surface area contributed by atoms with Crippen molar-refractivity contribution >= 4 is 0 Å². The Labute approximate surface area is 103 Å². The van der Waals surface area contributed by atoms with E-state index in [2.05, 4.69) is 26.1 Å². The van der Waals surface area contributed by atoms with E-state index in [1.54, 1.807) is 0 Å². The van der Waals surface area contributed by atoms with Gasteiger partial charge in [0.05, 0.1) is 0 Å². The molecule has 0 bridgehead atoms. The van der Waals surface area contributed by atoms with Crippen LogP contribution in [0.3, 0.4) is 0 Å². The highest BCUT2D eigenvalue weighted by atomic mass is 14.8. The number of rotatable bonds is 12. The van der Waals surface area contributed by atoms with E-state index in [1.807, 2.05) is 0 Å². The van der Waals surface area contributed by atoms with Crippen molar-refractivity contribution in [1.29, 1.82) is 0 Å². The molecule has 0 amide bonds. The average molecular weight is 227 g/mol. The predicted octanol–water partition coefficient (Wildman–Crippen LogP) is 4.76. The molecule has 0 aromatic rings. The highest BCUT2D eigenvalue weighted by Gasteiger charge is 1.98. The first-order valence-electron chi connectivity index (χ1n) is 7.52. The molecule has 1 heteroatoms. The molecular weight excluding hydrogens is 194 g/mol. The average Bonchev–Trinajstić information content (AvgIpc) is 2.27. The zero-order chi connectivity index (χ0) is 12.1. The van der Waals surface area contributed by atoms with Gasteiger partial charge in [-0.3, -0.25) is 0 Å². The van der Waals surface area contributed by atoms with Crippen LogP contribution in [-0.4, -0.2) is 13.1 Å². The summed E-state index contributed by atoms with van der Waals surface area (Å²) in [4.78, 5) is 0. The van der Waals surface area contributed by atoms with Crippen LogP contribution in [0.25, 0.3) is 0 Å². The molecule has 0 aromatic carbocycles. The van der Waals surface area contributed by atoms with Gasteiger partial charge in [-0.15, -0.1) is 0 Å². The van der Waals surface area contributed by atoms with Crippen LogP contribution >= 0.6 is 0 Å². The van der Waals surface area contributed by atoms with E-state index in [-0.39, 0.29) is 0 Å². The van der Waals surface area contributed by atoms with E-state index in [0.717, 1.165) is 5.92 Å². The smallest absolute Gasteiger partial charge is 0.00232 e. The van der Waals surface area contributed by atoms with Crippen LogP contribution in [0.1, 0.15) is 78.6 Å². The lowest BCUT2D eigenvalue weighted by Gasteiger charge is -2.11. The molecule has 0 aromatic heterocycles. The Kier molecular flexibility index (Phi) is 13.0. The van der Waals surface area contributed by atoms with Crippen LogP contribution < -0.4 is 5.32 Å². The first-order valence-corrected chi connectivity index (χ1v) is 7.52. The van der Waals surface area contributed by atoms with Crippen molar-refractivity contribution in [2.75, 3.05) is 13.1 Å². The Bertz CT molecular complexity index is 123. The first kappa shape index (κ1) is 16.0. The Balaban J connectivity index is 2.98. The summed E-state index contributed by atoms with van der Waals surface area (Å²) in [6.07, 6.45) is 12.6. The molecule has 1 unspecified atom stereocenters. The molecule has 0 rings (SSSR count). The third-order valence-electron chi connectivity index (χ3n) is 3.23. The number of nitrogens with one attached hydrogen (secondary N) is 1. The molecule has 0 saturated carbocycles. The second-order valence-electron chi connectivity index (χ2n) is 5.22. The van der Waals surface area contributed by atoms with Gasteiger partial charge in [0.2, 0.25) is 0 Å². The summed E-state index contributed by atoms with van der Waals surface area (Å²) >= 11 is 0. The van der Waals surface area contributed by atoms with Gasteiger partial charge in [0, 0.05) is 0 Å². The van der Waals surface area contributed by atoms with Crippen molar-refractivity contribution in [2.45, 2.75) is 78.6 Å². The second kappa shape index (κ2) is 13.0.